The maximum absolute atomic E-state index is 14.4. The van der Waals surface area contributed by atoms with Crippen LogP contribution in [-0.2, 0) is 5.41 Å². The summed E-state index contributed by atoms with van der Waals surface area (Å²) in [5, 5.41) is 0. The summed E-state index contributed by atoms with van der Waals surface area (Å²) in [4.78, 5) is 16.4. The van der Waals surface area contributed by atoms with Gasteiger partial charge < -0.3 is 4.90 Å². The predicted molar refractivity (Wildman–Crippen MR) is 93.6 cm³/mol. The Morgan fingerprint density at radius 1 is 1.13 bits per heavy atom. The molecule has 0 atom stereocenters. The Bertz CT molecular complexity index is 723. The molecule has 3 rings (SSSR count). The Balaban J connectivity index is 1.87. The standard InChI is InChI=1S/C19H22FNOS/c1-19(2,3)17-9-8-16(23-17)13-6-7-14(15(20)12-13)18(22)21-10-4-5-11-21/h6-9,12H,4-5,10-11H2,1-3H3. The number of thiophene rings is 1. The van der Waals surface area contributed by atoms with E-state index in [1.54, 1.807) is 22.3 Å². The van der Waals surface area contributed by atoms with Crippen molar-refractivity contribution in [3.8, 4) is 10.4 Å². The fourth-order valence-corrected chi connectivity index (χ4v) is 3.89. The van der Waals surface area contributed by atoms with E-state index in [4.69, 9.17) is 0 Å². The van der Waals surface area contributed by atoms with Crippen LogP contribution in [-0.4, -0.2) is 23.9 Å². The van der Waals surface area contributed by atoms with Crippen LogP contribution in [0.2, 0.25) is 0 Å². The van der Waals surface area contributed by atoms with Crippen molar-refractivity contribution in [2.45, 2.75) is 39.0 Å². The number of nitrogens with zero attached hydrogens (tertiary/aromatic N) is 1. The van der Waals surface area contributed by atoms with Crippen LogP contribution < -0.4 is 0 Å². The van der Waals surface area contributed by atoms with Gasteiger partial charge in [0.2, 0.25) is 0 Å². The third-order valence-electron chi connectivity index (χ3n) is 4.22. The van der Waals surface area contributed by atoms with E-state index in [-0.39, 0.29) is 16.9 Å². The lowest BCUT2D eigenvalue weighted by Crippen LogP contribution is -2.28. The van der Waals surface area contributed by atoms with Crippen molar-refractivity contribution in [2.24, 2.45) is 0 Å². The minimum Gasteiger partial charge on any atom is -0.339 e. The Kier molecular flexibility index (Phi) is 4.28. The van der Waals surface area contributed by atoms with Crippen LogP contribution in [0.3, 0.4) is 0 Å². The largest absolute Gasteiger partial charge is 0.339 e. The zero-order chi connectivity index (χ0) is 16.6. The summed E-state index contributed by atoms with van der Waals surface area (Å²) in [7, 11) is 0. The number of carbonyl (C=O) groups excluding carboxylic acids is 1. The first-order valence-corrected chi connectivity index (χ1v) is 8.87. The summed E-state index contributed by atoms with van der Waals surface area (Å²) < 4.78 is 14.4. The average Bonchev–Trinajstić information content (AvgIpc) is 3.17. The van der Waals surface area contributed by atoms with E-state index in [2.05, 4.69) is 26.8 Å². The Hall–Kier alpha value is -1.68. The van der Waals surface area contributed by atoms with Gasteiger partial charge in [0.05, 0.1) is 5.56 Å². The molecule has 2 nitrogen and oxygen atoms in total. The molecular formula is C19H22FNOS. The normalized spacial score (nSPS) is 15.2. The van der Waals surface area contributed by atoms with Gasteiger partial charge in [-0.1, -0.05) is 26.8 Å². The summed E-state index contributed by atoms with van der Waals surface area (Å²) in [6.45, 7) is 7.98. The molecule has 2 aromatic rings. The van der Waals surface area contributed by atoms with E-state index in [1.807, 2.05) is 12.1 Å². The SMILES string of the molecule is CC(C)(C)c1ccc(-c2ccc(C(=O)N3CCCC3)c(F)c2)s1. The quantitative estimate of drug-likeness (QED) is 0.751. The molecule has 0 bridgehead atoms. The molecule has 0 unspecified atom stereocenters. The van der Waals surface area contributed by atoms with Gasteiger partial charge in [-0.25, -0.2) is 4.39 Å². The number of likely N-dealkylation sites (tertiary alicyclic amines) is 1. The lowest BCUT2D eigenvalue weighted by atomic mass is 9.95. The van der Waals surface area contributed by atoms with Gasteiger partial charge in [-0.3, -0.25) is 4.79 Å². The molecule has 1 aliphatic rings. The molecule has 23 heavy (non-hydrogen) atoms. The van der Waals surface area contributed by atoms with Crippen LogP contribution in [0.1, 0.15) is 48.8 Å². The fourth-order valence-electron chi connectivity index (χ4n) is 2.83. The summed E-state index contributed by atoms with van der Waals surface area (Å²) in [6, 6.07) is 9.09. The number of benzene rings is 1. The van der Waals surface area contributed by atoms with Crippen LogP contribution in [0.5, 0.6) is 0 Å². The number of amides is 1. The van der Waals surface area contributed by atoms with E-state index in [1.165, 1.54) is 10.9 Å². The number of hydrogen-bond acceptors (Lipinski definition) is 2. The summed E-state index contributed by atoms with van der Waals surface area (Å²) >= 11 is 1.68. The highest BCUT2D eigenvalue weighted by molar-refractivity contribution is 7.15. The molecule has 0 N–H and O–H groups in total. The highest BCUT2D eigenvalue weighted by Crippen LogP contribution is 2.35. The zero-order valence-corrected chi connectivity index (χ0v) is 14.7. The monoisotopic (exact) mass is 331 g/mol. The first kappa shape index (κ1) is 16.2. The first-order chi connectivity index (χ1) is 10.9. The molecule has 1 saturated heterocycles. The van der Waals surface area contributed by atoms with E-state index < -0.39 is 5.82 Å². The number of hydrogen-bond donors (Lipinski definition) is 0. The topological polar surface area (TPSA) is 20.3 Å². The van der Waals surface area contributed by atoms with E-state index in [9.17, 15) is 9.18 Å². The van der Waals surface area contributed by atoms with E-state index in [0.29, 0.717) is 0 Å². The second kappa shape index (κ2) is 6.08. The lowest BCUT2D eigenvalue weighted by molar-refractivity contribution is 0.0788. The molecular weight excluding hydrogens is 309 g/mol. The van der Waals surface area contributed by atoms with E-state index >= 15 is 0 Å². The third-order valence-corrected chi connectivity index (χ3v) is 5.78. The lowest BCUT2D eigenvalue weighted by Gasteiger charge is -2.16. The molecule has 122 valence electrons. The summed E-state index contributed by atoms with van der Waals surface area (Å²) in [5.41, 5.74) is 1.11. The maximum atomic E-state index is 14.4. The third kappa shape index (κ3) is 3.32. The van der Waals surface area contributed by atoms with Crippen LogP contribution in [0.15, 0.2) is 30.3 Å². The molecule has 0 saturated carbocycles. The molecule has 0 aliphatic carbocycles. The van der Waals surface area contributed by atoms with Crippen molar-refractivity contribution in [1.29, 1.82) is 0 Å². The van der Waals surface area contributed by atoms with Gasteiger partial charge in [-0.2, -0.15) is 0 Å². The fraction of sp³-hybridized carbons (Fsp3) is 0.421. The highest BCUT2D eigenvalue weighted by Gasteiger charge is 2.23. The first-order valence-electron chi connectivity index (χ1n) is 8.06. The van der Waals surface area contributed by atoms with Crippen molar-refractivity contribution < 1.29 is 9.18 Å². The van der Waals surface area contributed by atoms with Crippen molar-refractivity contribution in [2.75, 3.05) is 13.1 Å². The van der Waals surface area contributed by atoms with Gasteiger partial charge in [0.15, 0.2) is 0 Å². The molecule has 1 aliphatic heterocycles. The van der Waals surface area contributed by atoms with Gasteiger partial charge in [0.25, 0.3) is 5.91 Å². The molecule has 1 aromatic heterocycles. The summed E-state index contributed by atoms with van der Waals surface area (Å²) in [5.74, 6) is -0.613. The summed E-state index contributed by atoms with van der Waals surface area (Å²) in [6.07, 6.45) is 2.02. The van der Waals surface area contributed by atoms with Crippen molar-refractivity contribution in [3.63, 3.8) is 0 Å². The van der Waals surface area contributed by atoms with Gasteiger partial charge in [0.1, 0.15) is 5.82 Å². The molecule has 1 amide bonds. The molecule has 4 heteroatoms. The zero-order valence-electron chi connectivity index (χ0n) is 13.9. The van der Waals surface area contributed by atoms with Crippen molar-refractivity contribution in [1.82, 2.24) is 4.90 Å². The molecule has 0 radical (unpaired) electrons. The second-order valence-electron chi connectivity index (χ2n) is 7.11. The Morgan fingerprint density at radius 3 is 2.39 bits per heavy atom. The minimum absolute atomic E-state index is 0.0904. The predicted octanol–water partition coefficient (Wildman–Crippen LogP) is 5.09. The van der Waals surface area contributed by atoms with Gasteiger partial charge in [-0.05, 0) is 48.1 Å². The molecule has 0 spiro atoms. The second-order valence-corrected chi connectivity index (χ2v) is 8.19. The van der Waals surface area contributed by atoms with Gasteiger partial charge in [-0.15, -0.1) is 11.3 Å². The van der Waals surface area contributed by atoms with Gasteiger partial charge >= 0.3 is 0 Å². The molecule has 1 aromatic carbocycles. The minimum atomic E-state index is -0.426. The Labute approximate surface area is 140 Å². The Morgan fingerprint density at radius 2 is 1.83 bits per heavy atom. The highest BCUT2D eigenvalue weighted by atomic mass is 32.1. The van der Waals surface area contributed by atoms with Gasteiger partial charge in [0, 0.05) is 22.8 Å². The number of halogens is 1. The average molecular weight is 331 g/mol. The van der Waals surface area contributed by atoms with Crippen molar-refractivity contribution >= 4 is 17.2 Å². The maximum Gasteiger partial charge on any atom is 0.256 e. The number of rotatable bonds is 2. The van der Waals surface area contributed by atoms with Crippen molar-refractivity contribution in [3.05, 3.63) is 46.6 Å². The van der Waals surface area contributed by atoms with Crippen LogP contribution in [0.4, 0.5) is 4.39 Å². The van der Waals surface area contributed by atoms with Crippen LogP contribution in [0.25, 0.3) is 10.4 Å². The molecule has 1 fully saturated rings. The molecule has 2 heterocycles. The van der Waals surface area contributed by atoms with E-state index in [0.717, 1.165) is 36.4 Å². The number of carbonyl (C=O) groups is 1. The smallest absolute Gasteiger partial charge is 0.256 e. The van der Waals surface area contributed by atoms with Crippen LogP contribution in [0, 0.1) is 5.82 Å². The van der Waals surface area contributed by atoms with Crippen LogP contribution >= 0.6 is 11.3 Å².